The molecule has 18 heavy (non-hydrogen) atoms. The predicted molar refractivity (Wildman–Crippen MR) is 64.1 cm³/mol. The molecule has 1 aromatic rings. The van der Waals surface area contributed by atoms with Crippen molar-refractivity contribution in [3.05, 3.63) is 35.6 Å². The number of hydrogen-bond donors (Lipinski definition) is 1. The normalized spacial score (nSPS) is 14.9. The molecule has 0 saturated carbocycles. The molecule has 1 N–H and O–H groups in total. The molecule has 0 spiro atoms. The first-order chi connectivity index (χ1) is 8.65. The van der Waals surface area contributed by atoms with Crippen LogP contribution in [-0.2, 0) is 16.1 Å². The number of rotatable bonds is 4. The fourth-order valence-electron chi connectivity index (χ4n) is 1.90. The van der Waals surface area contributed by atoms with Crippen molar-refractivity contribution in [1.82, 2.24) is 10.2 Å². The van der Waals surface area contributed by atoms with Crippen LogP contribution in [0.25, 0.3) is 0 Å². The topological polar surface area (TPSA) is 49.4 Å². The van der Waals surface area contributed by atoms with Gasteiger partial charge in [-0.05, 0) is 24.1 Å². The molecule has 4 nitrogen and oxygen atoms in total. The fourth-order valence-corrected chi connectivity index (χ4v) is 1.90. The van der Waals surface area contributed by atoms with Crippen molar-refractivity contribution in [2.45, 2.75) is 19.4 Å². The molecule has 0 radical (unpaired) electrons. The van der Waals surface area contributed by atoms with E-state index in [1.54, 1.807) is 17.0 Å². The molecule has 0 aliphatic carbocycles. The lowest BCUT2D eigenvalue weighted by atomic mass is 10.2. The molecular formula is C13H15FN2O2. The van der Waals surface area contributed by atoms with Crippen molar-refractivity contribution in [3.63, 3.8) is 0 Å². The summed E-state index contributed by atoms with van der Waals surface area (Å²) in [4.78, 5) is 24.5. The third-order valence-corrected chi connectivity index (χ3v) is 2.91. The van der Waals surface area contributed by atoms with E-state index >= 15 is 0 Å². The van der Waals surface area contributed by atoms with Crippen molar-refractivity contribution in [3.8, 4) is 0 Å². The molecule has 2 amide bonds. The summed E-state index contributed by atoms with van der Waals surface area (Å²) in [6.45, 7) is 1.12. The Morgan fingerprint density at radius 1 is 1.33 bits per heavy atom. The lowest BCUT2D eigenvalue weighted by molar-refractivity contribution is -0.133. The Morgan fingerprint density at radius 3 is 2.67 bits per heavy atom. The van der Waals surface area contributed by atoms with Gasteiger partial charge in [0.2, 0.25) is 11.8 Å². The Kier molecular flexibility index (Phi) is 3.92. The van der Waals surface area contributed by atoms with Gasteiger partial charge in [0.1, 0.15) is 5.82 Å². The SMILES string of the molecule is O=C(CN1CCCC1=O)NCc1ccc(F)cc1. The van der Waals surface area contributed by atoms with Crippen LogP contribution in [-0.4, -0.2) is 29.8 Å². The van der Waals surface area contributed by atoms with Gasteiger partial charge in [-0.3, -0.25) is 9.59 Å². The summed E-state index contributed by atoms with van der Waals surface area (Å²) in [5.41, 5.74) is 0.831. The highest BCUT2D eigenvalue weighted by Gasteiger charge is 2.21. The zero-order valence-corrected chi connectivity index (χ0v) is 9.99. The molecule has 2 rings (SSSR count). The quantitative estimate of drug-likeness (QED) is 0.868. The third-order valence-electron chi connectivity index (χ3n) is 2.91. The van der Waals surface area contributed by atoms with Gasteiger partial charge in [-0.25, -0.2) is 4.39 Å². The molecular weight excluding hydrogens is 235 g/mol. The van der Waals surface area contributed by atoms with E-state index in [0.717, 1.165) is 12.0 Å². The largest absolute Gasteiger partial charge is 0.350 e. The van der Waals surface area contributed by atoms with Crippen molar-refractivity contribution in [2.75, 3.05) is 13.1 Å². The van der Waals surface area contributed by atoms with Crippen LogP contribution in [0.15, 0.2) is 24.3 Å². The van der Waals surface area contributed by atoms with Gasteiger partial charge in [0.25, 0.3) is 0 Å². The van der Waals surface area contributed by atoms with Crippen LogP contribution in [0.3, 0.4) is 0 Å². The molecule has 1 heterocycles. The molecule has 1 aromatic carbocycles. The van der Waals surface area contributed by atoms with E-state index in [4.69, 9.17) is 0 Å². The average Bonchev–Trinajstić information content (AvgIpc) is 2.74. The molecule has 0 bridgehead atoms. The Bertz CT molecular complexity index is 445. The number of hydrogen-bond acceptors (Lipinski definition) is 2. The molecule has 5 heteroatoms. The zero-order chi connectivity index (χ0) is 13.0. The first-order valence-corrected chi connectivity index (χ1v) is 5.94. The highest BCUT2D eigenvalue weighted by molar-refractivity contribution is 5.85. The summed E-state index contributed by atoms with van der Waals surface area (Å²) < 4.78 is 12.7. The van der Waals surface area contributed by atoms with Gasteiger partial charge in [-0.2, -0.15) is 0 Å². The monoisotopic (exact) mass is 250 g/mol. The fraction of sp³-hybridized carbons (Fsp3) is 0.385. The van der Waals surface area contributed by atoms with Crippen molar-refractivity contribution in [1.29, 1.82) is 0 Å². The van der Waals surface area contributed by atoms with E-state index in [1.165, 1.54) is 12.1 Å². The van der Waals surface area contributed by atoms with E-state index in [0.29, 0.717) is 19.5 Å². The summed E-state index contributed by atoms with van der Waals surface area (Å²) in [7, 11) is 0. The van der Waals surface area contributed by atoms with E-state index in [2.05, 4.69) is 5.32 Å². The highest BCUT2D eigenvalue weighted by atomic mass is 19.1. The van der Waals surface area contributed by atoms with Gasteiger partial charge in [0.15, 0.2) is 0 Å². The number of benzene rings is 1. The Balaban J connectivity index is 1.78. The number of nitrogens with zero attached hydrogens (tertiary/aromatic N) is 1. The van der Waals surface area contributed by atoms with E-state index in [-0.39, 0.29) is 24.2 Å². The summed E-state index contributed by atoms with van der Waals surface area (Å²) in [5.74, 6) is -0.450. The molecule has 0 atom stereocenters. The molecule has 1 aliphatic rings. The van der Waals surface area contributed by atoms with Crippen LogP contribution >= 0.6 is 0 Å². The first-order valence-electron chi connectivity index (χ1n) is 5.94. The lowest BCUT2D eigenvalue weighted by Gasteiger charge is -2.14. The maximum absolute atomic E-state index is 12.7. The molecule has 1 aliphatic heterocycles. The van der Waals surface area contributed by atoms with E-state index in [9.17, 15) is 14.0 Å². The summed E-state index contributed by atoms with van der Waals surface area (Å²) in [6, 6.07) is 5.95. The number of carbonyl (C=O) groups excluding carboxylic acids is 2. The van der Waals surface area contributed by atoms with Gasteiger partial charge in [-0.15, -0.1) is 0 Å². The smallest absolute Gasteiger partial charge is 0.239 e. The standard InChI is InChI=1S/C13H15FN2O2/c14-11-5-3-10(4-6-11)8-15-12(17)9-16-7-1-2-13(16)18/h3-6H,1-2,7-9H2,(H,15,17). The minimum atomic E-state index is -0.298. The van der Waals surface area contributed by atoms with Crippen LogP contribution in [0.2, 0.25) is 0 Å². The van der Waals surface area contributed by atoms with Gasteiger partial charge in [0.05, 0.1) is 6.54 Å². The van der Waals surface area contributed by atoms with Crippen LogP contribution in [0, 0.1) is 5.82 Å². The number of halogens is 1. The van der Waals surface area contributed by atoms with Crippen LogP contribution in [0.4, 0.5) is 4.39 Å². The predicted octanol–water partition coefficient (Wildman–Crippen LogP) is 1.06. The highest BCUT2D eigenvalue weighted by Crippen LogP contribution is 2.08. The number of likely N-dealkylation sites (tertiary alicyclic amines) is 1. The maximum atomic E-state index is 12.7. The summed E-state index contributed by atoms with van der Waals surface area (Å²) >= 11 is 0. The van der Waals surface area contributed by atoms with Crippen LogP contribution in [0.1, 0.15) is 18.4 Å². The number of nitrogens with one attached hydrogen (secondary N) is 1. The second-order valence-electron chi connectivity index (χ2n) is 4.32. The molecule has 0 aromatic heterocycles. The first kappa shape index (κ1) is 12.5. The minimum Gasteiger partial charge on any atom is -0.350 e. The lowest BCUT2D eigenvalue weighted by Crippen LogP contribution is -2.37. The zero-order valence-electron chi connectivity index (χ0n) is 9.99. The number of carbonyl (C=O) groups is 2. The summed E-state index contributed by atoms with van der Waals surface area (Å²) in [6.07, 6.45) is 1.36. The summed E-state index contributed by atoms with van der Waals surface area (Å²) in [5, 5.41) is 2.71. The average molecular weight is 250 g/mol. The van der Waals surface area contributed by atoms with Crippen LogP contribution < -0.4 is 5.32 Å². The second kappa shape index (κ2) is 5.62. The Labute approximate surface area is 105 Å². The van der Waals surface area contributed by atoms with Gasteiger partial charge >= 0.3 is 0 Å². The maximum Gasteiger partial charge on any atom is 0.239 e. The van der Waals surface area contributed by atoms with E-state index < -0.39 is 0 Å². The molecule has 0 unspecified atom stereocenters. The Hall–Kier alpha value is -1.91. The van der Waals surface area contributed by atoms with Crippen molar-refractivity contribution in [2.24, 2.45) is 0 Å². The molecule has 1 fully saturated rings. The van der Waals surface area contributed by atoms with Gasteiger partial charge in [-0.1, -0.05) is 12.1 Å². The Morgan fingerprint density at radius 2 is 2.06 bits per heavy atom. The van der Waals surface area contributed by atoms with Crippen LogP contribution in [0.5, 0.6) is 0 Å². The second-order valence-corrected chi connectivity index (χ2v) is 4.32. The third kappa shape index (κ3) is 3.29. The van der Waals surface area contributed by atoms with Gasteiger partial charge < -0.3 is 10.2 Å². The number of amides is 2. The van der Waals surface area contributed by atoms with E-state index in [1.807, 2.05) is 0 Å². The van der Waals surface area contributed by atoms with Crippen molar-refractivity contribution < 1.29 is 14.0 Å². The van der Waals surface area contributed by atoms with Gasteiger partial charge in [0, 0.05) is 19.5 Å². The molecule has 1 saturated heterocycles. The minimum absolute atomic E-state index is 0.0342. The van der Waals surface area contributed by atoms with Crippen molar-refractivity contribution >= 4 is 11.8 Å². The molecule has 96 valence electrons.